The number of nitrogens with zero attached hydrogens (tertiary/aromatic N) is 2. The van der Waals surface area contributed by atoms with E-state index in [2.05, 4.69) is 52.1 Å². The maximum Gasteiger partial charge on any atom is 0.124 e. The maximum atomic E-state index is 12.7. The van der Waals surface area contributed by atoms with Crippen LogP contribution in [-0.4, -0.2) is 33.2 Å². The van der Waals surface area contributed by atoms with Crippen LogP contribution in [-0.2, 0) is 22.5 Å². The molecule has 0 saturated heterocycles. The summed E-state index contributed by atoms with van der Waals surface area (Å²) in [6.45, 7) is 14.4. The topological polar surface area (TPSA) is 56.2 Å². The average Bonchev–Trinajstić information content (AvgIpc) is 3.35. The van der Waals surface area contributed by atoms with Crippen molar-refractivity contribution in [2.45, 2.75) is 76.8 Å². The summed E-state index contributed by atoms with van der Waals surface area (Å²) in [5, 5.41) is 0. The van der Waals surface area contributed by atoms with E-state index in [1.165, 1.54) is 18.4 Å². The Balaban J connectivity index is 1.75. The van der Waals surface area contributed by atoms with Gasteiger partial charge >= 0.3 is 0 Å². The molecule has 0 spiro atoms. The summed E-state index contributed by atoms with van der Waals surface area (Å²) >= 11 is 0. The molecule has 1 fully saturated rings. The Bertz CT molecular complexity index is 834. The van der Waals surface area contributed by atoms with E-state index in [0.717, 1.165) is 23.7 Å². The molecule has 2 atom stereocenters. The molecule has 0 radical (unpaired) electrons. The minimum Gasteiger partial charge on any atom is -0.361 e. The maximum absolute atomic E-state index is 12.7. The van der Waals surface area contributed by atoms with Crippen LogP contribution >= 0.6 is 0 Å². The molecular weight excluding hydrogens is 386 g/mol. The van der Waals surface area contributed by atoms with Gasteiger partial charge in [-0.2, -0.15) is 0 Å². The van der Waals surface area contributed by atoms with Gasteiger partial charge in [-0.25, -0.2) is 13.9 Å². The quantitative estimate of drug-likeness (QED) is 0.465. The van der Waals surface area contributed by atoms with Crippen molar-refractivity contribution in [1.29, 1.82) is 0 Å². The molecule has 1 saturated carbocycles. The van der Waals surface area contributed by atoms with Gasteiger partial charge < -0.3 is 9.30 Å². The fourth-order valence-corrected chi connectivity index (χ4v) is 4.74. The summed E-state index contributed by atoms with van der Waals surface area (Å²) in [7, 11) is -2.17. The van der Waals surface area contributed by atoms with Gasteiger partial charge in [0, 0.05) is 20.7 Å². The highest BCUT2D eigenvalue weighted by Gasteiger charge is 2.35. The molecule has 1 aromatic heterocycles. The number of benzene rings is 1. The van der Waals surface area contributed by atoms with Crippen LogP contribution in [0.15, 0.2) is 24.5 Å². The minimum absolute atomic E-state index is 0.126. The molecule has 1 aromatic carbocycles. The monoisotopic (exact) mass is 421 g/mol. The molecule has 0 bridgehead atoms. The van der Waals surface area contributed by atoms with Crippen LogP contribution in [0.2, 0.25) is 25.7 Å². The lowest BCUT2D eigenvalue weighted by atomic mass is 10.0. The first-order chi connectivity index (χ1) is 13.0. The second-order valence-electron chi connectivity index (χ2n) is 10.1. The zero-order valence-electron chi connectivity index (χ0n) is 18.1. The van der Waals surface area contributed by atoms with Gasteiger partial charge in [-0.05, 0) is 63.3 Å². The van der Waals surface area contributed by atoms with E-state index in [4.69, 9.17) is 4.74 Å². The Labute approximate surface area is 172 Å². The molecule has 3 rings (SSSR count). The molecule has 2 aromatic rings. The fraction of sp³-hybridized carbons (Fsp3) is 0.667. The highest BCUT2D eigenvalue weighted by atomic mass is 32.2. The zero-order chi connectivity index (χ0) is 20.5. The Morgan fingerprint density at radius 3 is 2.64 bits per heavy atom. The van der Waals surface area contributed by atoms with Crippen LogP contribution in [0.3, 0.4) is 0 Å². The normalized spacial score (nSPS) is 17.8. The van der Waals surface area contributed by atoms with Crippen LogP contribution in [0.4, 0.5) is 0 Å². The Hall–Kier alpha value is -1.02. The third-order valence-electron chi connectivity index (χ3n) is 5.11. The van der Waals surface area contributed by atoms with Gasteiger partial charge in [-0.15, -0.1) is 0 Å². The SMILES string of the molecule is CC(C)(C)[S@](=O)NC(c1ccc2ncn(COCC[Si](C)(C)C)c2c1)C1CC1. The number of rotatable bonds is 9. The van der Waals surface area contributed by atoms with Gasteiger partial charge in [-0.1, -0.05) is 25.7 Å². The number of aromatic nitrogens is 2. The first-order valence-corrected chi connectivity index (χ1v) is 15.1. The summed E-state index contributed by atoms with van der Waals surface area (Å²) < 4.78 is 23.8. The molecule has 1 N–H and O–H groups in total. The average molecular weight is 422 g/mol. The standard InChI is InChI=1S/C21H35N3O2SSi/c1-21(2,3)27(25)23-20(16-7-8-16)17-9-10-18-19(13-17)24(14-22-18)15-26-11-12-28(4,5)6/h9-10,13-14,16,20,23H,7-8,11-12,15H2,1-6H3/t20?,27-/m0/s1. The lowest BCUT2D eigenvalue weighted by molar-refractivity contribution is 0.0898. The molecule has 1 unspecified atom stereocenters. The number of imidazole rings is 1. The lowest BCUT2D eigenvalue weighted by Crippen LogP contribution is -2.36. The molecule has 1 aliphatic rings. The molecule has 0 aliphatic heterocycles. The van der Waals surface area contributed by atoms with Crippen molar-refractivity contribution in [3.63, 3.8) is 0 Å². The zero-order valence-corrected chi connectivity index (χ0v) is 19.9. The second kappa shape index (κ2) is 8.38. The van der Waals surface area contributed by atoms with E-state index in [1.54, 1.807) is 0 Å². The molecule has 0 amide bonds. The van der Waals surface area contributed by atoms with Crippen molar-refractivity contribution in [2.75, 3.05) is 6.61 Å². The molecule has 1 heterocycles. The lowest BCUT2D eigenvalue weighted by Gasteiger charge is -2.24. The van der Waals surface area contributed by atoms with E-state index in [0.29, 0.717) is 12.6 Å². The number of ether oxygens (including phenoxy) is 1. The summed E-state index contributed by atoms with van der Waals surface area (Å²) in [5.41, 5.74) is 3.25. The van der Waals surface area contributed by atoms with Gasteiger partial charge in [0.1, 0.15) is 6.73 Å². The van der Waals surface area contributed by atoms with Crippen LogP contribution in [0.5, 0.6) is 0 Å². The smallest absolute Gasteiger partial charge is 0.124 e. The number of hydrogen-bond acceptors (Lipinski definition) is 3. The van der Waals surface area contributed by atoms with Crippen LogP contribution in [0, 0.1) is 5.92 Å². The third kappa shape index (κ3) is 5.75. The van der Waals surface area contributed by atoms with E-state index >= 15 is 0 Å². The Kier molecular flexibility index (Phi) is 6.49. The van der Waals surface area contributed by atoms with Gasteiger partial charge in [0.25, 0.3) is 0 Å². The highest BCUT2D eigenvalue weighted by molar-refractivity contribution is 7.84. The van der Waals surface area contributed by atoms with Crippen LogP contribution in [0.25, 0.3) is 11.0 Å². The molecular formula is C21H35N3O2SSi. The van der Waals surface area contributed by atoms with Gasteiger partial charge in [-0.3, -0.25) is 0 Å². The van der Waals surface area contributed by atoms with Crippen LogP contribution < -0.4 is 4.72 Å². The first kappa shape index (κ1) is 21.7. The van der Waals surface area contributed by atoms with Crippen molar-refractivity contribution in [2.24, 2.45) is 5.92 Å². The summed E-state index contributed by atoms with van der Waals surface area (Å²) in [6, 6.07) is 7.68. The molecule has 5 nitrogen and oxygen atoms in total. The first-order valence-electron chi connectivity index (χ1n) is 10.3. The van der Waals surface area contributed by atoms with Gasteiger partial charge in [0.05, 0.1) is 33.1 Å². The molecule has 7 heteroatoms. The van der Waals surface area contributed by atoms with E-state index in [-0.39, 0.29) is 10.8 Å². The fourth-order valence-electron chi connectivity index (χ4n) is 3.07. The van der Waals surface area contributed by atoms with Crippen molar-refractivity contribution >= 4 is 30.1 Å². The Morgan fingerprint density at radius 2 is 2.04 bits per heavy atom. The molecule has 1 aliphatic carbocycles. The van der Waals surface area contributed by atoms with E-state index < -0.39 is 19.1 Å². The van der Waals surface area contributed by atoms with Gasteiger partial charge in [0.2, 0.25) is 0 Å². The highest BCUT2D eigenvalue weighted by Crippen LogP contribution is 2.42. The van der Waals surface area contributed by atoms with Gasteiger partial charge in [0.15, 0.2) is 0 Å². The van der Waals surface area contributed by atoms with Crippen molar-refractivity contribution in [3.05, 3.63) is 30.1 Å². The predicted octanol–water partition coefficient (Wildman–Crippen LogP) is 4.85. The third-order valence-corrected chi connectivity index (χ3v) is 8.40. The Morgan fingerprint density at radius 1 is 1.32 bits per heavy atom. The molecule has 156 valence electrons. The van der Waals surface area contributed by atoms with E-state index in [1.807, 2.05) is 27.1 Å². The summed E-state index contributed by atoms with van der Waals surface area (Å²) in [4.78, 5) is 4.52. The van der Waals surface area contributed by atoms with E-state index in [9.17, 15) is 4.21 Å². The van der Waals surface area contributed by atoms with Crippen molar-refractivity contribution in [1.82, 2.24) is 14.3 Å². The minimum atomic E-state index is -1.09. The largest absolute Gasteiger partial charge is 0.361 e. The number of fused-ring (bicyclic) bond motifs is 1. The molecule has 28 heavy (non-hydrogen) atoms. The van der Waals surface area contributed by atoms with Crippen molar-refractivity contribution < 1.29 is 8.95 Å². The number of nitrogens with one attached hydrogen (secondary N) is 1. The number of hydrogen-bond donors (Lipinski definition) is 1. The second-order valence-corrected chi connectivity index (χ2v) is 17.7. The summed E-state index contributed by atoms with van der Waals surface area (Å²) in [5.74, 6) is 0.563. The van der Waals surface area contributed by atoms with Crippen molar-refractivity contribution in [3.8, 4) is 0 Å². The predicted molar refractivity (Wildman–Crippen MR) is 120 cm³/mol. The summed E-state index contributed by atoms with van der Waals surface area (Å²) in [6.07, 6.45) is 4.24. The van der Waals surface area contributed by atoms with Crippen LogP contribution in [0.1, 0.15) is 45.2 Å².